The van der Waals surface area contributed by atoms with Gasteiger partial charge in [0.05, 0.1) is 12.0 Å². The van der Waals surface area contributed by atoms with Crippen molar-refractivity contribution in [3.8, 4) is 5.75 Å². The number of nitrogens with zero attached hydrogens (tertiary/aromatic N) is 1. The summed E-state index contributed by atoms with van der Waals surface area (Å²) in [5.74, 6) is 1.12. The van der Waals surface area contributed by atoms with Crippen LogP contribution in [0.1, 0.15) is 46.6 Å². The average molecular weight is 315 g/mol. The summed E-state index contributed by atoms with van der Waals surface area (Å²) in [6, 6.07) is 10.7. The van der Waals surface area contributed by atoms with E-state index in [1.807, 2.05) is 18.2 Å². The highest BCUT2D eigenvalue weighted by atomic mass is 32.1. The summed E-state index contributed by atoms with van der Waals surface area (Å²) in [5, 5.41) is 2.11. The minimum Gasteiger partial charge on any atom is -0.496 e. The number of rotatable bonds is 5. The van der Waals surface area contributed by atoms with Gasteiger partial charge in [-0.25, -0.2) is 0 Å². The first kappa shape index (κ1) is 15.3. The molecule has 0 saturated carbocycles. The zero-order chi connectivity index (χ0) is 15.5. The fourth-order valence-electron chi connectivity index (χ4n) is 3.19. The summed E-state index contributed by atoms with van der Waals surface area (Å²) in [7, 11) is 1.73. The van der Waals surface area contributed by atoms with Crippen molar-refractivity contribution in [1.82, 2.24) is 4.90 Å². The zero-order valence-electron chi connectivity index (χ0n) is 13.0. The maximum atomic E-state index is 11.4. The van der Waals surface area contributed by atoms with E-state index in [1.165, 1.54) is 17.5 Å². The van der Waals surface area contributed by atoms with E-state index in [9.17, 15) is 4.79 Å². The predicted octanol–water partition coefficient (Wildman–Crippen LogP) is 4.30. The van der Waals surface area contributed by atoms with Crippen molar-refractivity contribution >= 4 is 17.1 Å². The van der Waals surface area contributed by atoms with Gasteiger partial charge in [-0.15, -0.1) is 11.3 Å². The molecule has 0 N–H and O–H groups in total. The van der Waals surface area contributed by atoms with Crippen LogP contribution in [-0.2, 0) is 6.54 Å². The maximum Gasteiger partial charge on any atom is 0.169 e. The first-order valence-corrected chi connectivity index (χ1v) is 8.52. The van der Waals surface area contributed by atoms with Crippen LogP contribution in [0.5, 0.6) is 5.75 Å². The summed E-state index contributed by atoms with van der Waals surface area (Å²) in [6.45, 7) is 3.61. The van der Waals surface area contributed by atoms with Gasteiger partial charge in [0.1, 0.15) is 5.75 Å². The second-order valence-corrected chi connectivity index (χ2v) is 6.66. The molecule has 0 bridgehead atoms. The molecule has 2 aromatic rings. The van der Waals surface area contributed by atoms with E-state index in [-0.39, 0.29) is 5.78 Å². The molecule has 2 heterocycles. The highest BCUT2D eigenvalue weighted by molar-refractivity contribution is 7.12. The number of ketones is 1. The number of hydrogen-bond donors (Lipinski definition) is 0. The van der Waals surface area contributed by atoms with Crippen molar-refractivity contribution < 1.29 is 9.53 Å². The van der Waals surface area contributed by atoms with Crippen LogP contribution in [0.3, 0.4) is 0 Å². The largest absolute Gasteiger partial charge is 0.496 e. The van der Waals surface area contributed by atoms with Crippen LogP contribution < -0.4 is 4.74 Å². The topological polar surface area (TPSA) is 29.5 Å². The SMILES string of the molecule is COc1ccccc1[C@H]1CCCN1Cc1csc(C(C)=O)c1. The first-order chi connectivity index (χ1) is 10.7. The van der Waals surface area contributed by atoms with Gasteiger partial charge in [-0.1, -0.05) is 18.2 Å². The van der Waals surface area contributed by atoms with Gasteiger partial charge >= 0.3 is 0 Å². The Labute approximate surface area is 135 Å². The lowest BCUT2D eigenvalue weighted by Gasteiger charge is -2.25. The predicted molar refractivity (Wildman–Crippen MR) is 89.7 cm³/mol. The van der Waals surface area contributed by atoms with Crippen LogP contribution in [0.25, 0.3) is 0 Å². The normalized spacial score (nSPS) is 18.5. The molecule has 3 rings (SSSR count). The van der Waals surface area contributed by atoms with E-state index in [4.69, 9.17) is 4.74 Å². The van der Waals surface area contributed by atoms with Crippen molar-refractivity contribution in [2.45, 2.75) is 32.4 Å². The van der Waals surface area contributed by atoms with E-state index < -0.39 is 0 Å². The van der Waals surface area contributed by atoms with E-state index in [0.29, 0.717) is 6.04 Å². The molecule has 116 valence electrons. The molecular weight excluding hydrogens is 294 g/mol. The summed E-state index contributed by atoms with van der Waals surface area (Å²) in [4.78, 5) is 14.8. The van der Waals surface area contributed by atoms with Gasteiger partial charge < -0.3 is 4.74 Å². The van der Waals surface area contributed by atoms with Crippen molar-refractivity contribution in [3.63, 3.8) is 0 Å². The van der Waals surface area contributed by atoms with Gasteiger partial charge in [-0.2, -0.15) is 0 Å². The van der Waals surface area contributed by atoms with Crippen LogP contribution in [0.15, 0.2) is 35.7 Å². The van der Waals surface area contributed by atoms with E-state index in [2.05, 4.69) is 22.4 Å². The van der Waals surface area contributed by atoms with Gasteiger partial charge in [0.2, 0.25) is 0 Å². The second kappa shape index (κ2) is 6.63. The average Bonchev–Trinajstić information content (AvgIpc) is 3.17. The number of Topliss-reactive ketones (excluding diaryl/α,β-unsaturated/α-hetero) is 1. The van der Waals surface area contributed by atoms with Crippen LogP contribution in [-0.4, -0.2) is 24.3 Å². The molecule has 1 aliphatic heterocycles. The van der Waals surface area contributed by atoms with Crippen molar-refractivity contribution in [2.75, 3.05) is 13.7 Å². The molecule has 1 aromatic carbocycles. The molecule has 1 fully saturated rings. The lowest BCUT2D eigenvalue weighted by atomic mass is 10.0. The molecule has 4 heteroatoms. The van der Waals surface area contributed by atoms with E-state index in [0.717, 1.165) is 30.1 Å². The molecule has 3 nitrogen and oxygen atoms in total. The number of hydrogen-bond acceptors (Lipinski definition) is 4. The molecule has 1 aliphatic rings. The number of benzene rings is 1. The van der Waals surface area contributed by atoms with Crippen molar-refractivity contribution in [3.05, 3.63) is 51.7 Å². The number of para-hydroxylation sites is 1. The standard InChI is InChI=1S/C18H21NO2S/c1-13(20)18-10-14(12-22-18)11-19-9-5-7-16(19)15-6-3-4-8-17(15)21-2/h3-4,6,8,10,12,16H,5,7,9,11H2,1-2H3/t16-/m1/s1. The summed E-state index contributed by atoms with van der Waals surface area (Å²) < 4.78 is 5.52. The molecule has 0 amide bonds. The van der Waals surface area contributed by atoms with Crippen LogP contribution in [0, 0.1) is 0 Å². The van der Waals surface area contributed by atoms with Crippen molar-refractivity contribution in [1.29, 1.82) is 0 Å². The number of ether oxygens (including phenoxy) is 1. The second-order valence-electron chi connectivity index (χ2n) is 5.75. The summed E-state index contributed by atoms with van der Waals surface area (Å²) in [5.41, 5.74) is 2.50. The van der Waals surface area contributed by atoms with Crippen LogP contribution in [0.2, 0.25) is 0 Å². The number of methoxy groups -OCH3 is 1. The number of thiophene rings is 1. The third-order valence-electron chi connectivity index (χ3n) is 4.25. The summed E-state index contributed by atoms with van der Waals surface area (Å²) >= 11 is 1.54. The minimum absolute atomic E-state index is 0.152. The summed E-state index contributed by atoms with van der Waals surface area (Å²) in [6.07, 6.45) is 2.36. The van der Waals surface area contributed by atoms with Crippen molar-refractivity contribution in [2.24, 2.45) is 0 Å². The number of carbonyl (C=O) groups is 1. The molecule has 0 spiro atoms. The highest BCUT2D eigenvalue weighted by Gasteiger charge is 2.28. The van der Waals surface area contributed by atoms with Gasteiger partial charge in [-0.05, 0) is 49.4 Å². The quantitative estimate of drug-likeness (QED) is 0.771. The van der Waals surface area contributed by atoms with Gasteiger partial charge in [0.15, 0.2) is 5.78 Å². The Kier molecular flexibility index (Phi) is 4.60. The van der Waals surface area contributed by atoms with E-state index in [1.54, 1.807) is 25.4 Å². The number of likely N-dealkylation sites (tertiary alicyclic amines) is 1. The maximum absolute atomic E-state index is 11.4. The first-order valence-electron chi connectivity index (χ1n) is 7.64. The Morgan fingerprint density at radius 3 is 2.95 bits per heavy atom. The van der Waals surface area contributed by atoms with Gasteiger partial charge in [0.25, 0.3) is 0 Å². The molecule has 0 unspecified atom stereocenters. The molecule has 1 saturated heterocycles. The minimum atomic E-state index is 0.152. The monoisotopic (exact) mass is 315 g/mol. The van der Waals surface area contributed by atoms with E-state index >= 15 is 0 Å². The Balaban J connectivity index is 1.79. The third kappa shape index (κ3) is 3.08. The molecule has 22 heavy (non-hydrogen) atoms. The lowest BCUT2D eigenvalue weighted by Crippen LogP contribution is -2.22. The molecule has 1 aromatic heterocycles. The Bertz CT molecular complexity index is 665. The van der Waals surface area contributed by atoms with Gasteiger partial charge in [0, 0.05) is 18.2 Å². The fraction of sp³-hybridized carbons (Fsp3) is 0.389. The van der Waals surface area contributed by atoms with Gasteiger partial charge in [-0.3, -0.25) is 9.69 Å². The zero-order valence-corrected chi connectivity index (χ0v) is 13.9. The number of carbonyl (C=O) groups excluding carboxylic acids is 1. The Morgan fingerprint density at radius 2 is 2.23 bits per heavy atom. The van der Waals surface area contributed by atoms with Crippen LogP contribution >= 0.6 is 11.3 Å². The smallest absolute Gasteiger partial charge is 0.169 e. The molecule has 0 radical (unpaired) electrons. The van der Waals surface area contributed by atoms with Crippen LogP contribution in [0.4, 0.5) is 0 Å². The molecule has 0 aliphatic carbocycles. The Morgan fingerprint density at radius 1 is 1.41 bits per heavy atom. The third-order valence-corrected chi connectivity index (χ3v) is 5.33. The highest BCUT2D eigenvalue weighted by Crippen LogP contribution is 2.37. The Hall–Kier alpha value is -1.65. The lowest BCUT2D eigenvalue weighted by molar-refractivity contribution is 0.102. The molecule has 1 atom stereocenters. The molecular formula is C18H21NO2S. The fourth-order valence-corrected chi connectivity index (χ4v) is 3.99.